The van der Waals surface area contributed by atoms with Crippen LogP contribution in [0.4, 0.5) is 8.78 Å². The number of thioether (sulfide) groups is 1. The first-order valence-electron chi connectivity index (χ1n) is 7.37. The third-order valence-electron chi connectivity index (χ3n) is 3.39. The molecule has 0 aliphatic rings. The van der Waals surface area contributed by atoms with Gasteiger partial charge in [0.2, 0.25) is 0 Å². The van der Waals surface area contributed by atoms with Gasteiger partial charge in [-0.2, -0.15) is 8.78 Å². The highest BCUT2D eigenvalue weighted by molar-refractivity contribution is 7.98. The van der Waals surface area contributed by atoms with Gasteiger partial charge < -0.3 is 9.47 Å². The minimum absolute atomic E-state index is 0.164. The lowest BCUT2D eigenvalue weighted by Gasteiger charge is -2.11. The van der Waals surface area contributed by atoms with E-state index in [1.807, 2.05) is 28.8 Å². The van der Waals surface area contributed by atoms with Crippen LogP contribution in [0.15, 0.2) is 60.0 Å². The molecule has 1 aromatic heterocycles. The summed E-state index contributed by atoms with van der Waals surface area (Å²) >= 11 is 1.38. The average Bonchev–Trinajstić information content (AvgIpc) is 3.09. The van der Waals surface area contributed by atoms with Crippen molar-refractivity contribution in [3.05, 3.63) is 60.4 Å². The summed E-state index contributed by atoms with van der Waals surface area (Å²) in [7, 11) is 1.60. The Morgan fingerprint density at radius 1 is 1.16 bits per heavy atom. The molecule has 0 atom stereocenters. The number of alkyl halides is 2. The molecule has 0 N–H and O–H groups in total. The van der Waals surface area contributed by atoms with E-state index in [1.165, 1.54) is 17.8 Å². The van der Waals surface area contributed by atoms with Crippen LogP contribution in [0.1, 0.15) is 5.56 Å². The van der Waals surface area contributed by atoms with E-state index in [2.05, 4.69) is 14.9 Å². The van der Waals surface area contributed by atoms with Crippen LogP contribution >= 0.6 is 11.8 Å². The first-order valence-corrected chi connectivity index (χ1v) is 8.36. The molecule has 0 saturated carbocycles. The monoisotopic (exact) mass is 363 g/mol. The molecule has 25 heavy (non-hydrogen) atoms. The maximum atomic E-state index is 12.5. The third-order valence-corrected chi connectivity index (χ3v) is 4.39. The maximum absolute atomic E-state index is 12.5. The van der Waals surface area contributed by atoms with Crippen molar-refractivity contribution >= 4 is 11.8 Å². The van der Waals surface area contributed by atoms with Gasteiger partial charge >= 0.3 is 6.61 Å². The predicted molar refractivity (Wildman–Crippen MR) is 90.5 cm³/mol. The molecule has 0 radical (unpaired) electrons. The van der Waals surface area contributed by atoms with Gasteiger partial charge in [0, 0.05) is 17.4 Å². The zero-order valence-electron chi connectivity index (χ0n) is 13.3. The Labute approximate surface area is 147 Å². The highest BCUT2D eigenvalue weighted by Crippen LogP contribution is 2.29. The van der Waals surface area contributed by atoms with Crippen molar-refractivity contribution in [2.75, 3.05) is 7.11 Å². The van der Waals surface area contributed by atoms with Crippen LogP contribution in [0.25, 0.3) is 5.69 Å². The second-order valence-electron chi connectivity index (χ2n) is 4.96. The fraction of sp³-hybridized carbons (Fsp3) is 0.176. The maximum Gasteiger partial charge on any atom is 0.387 e. The molecule has 8 heteroatoms. The summed E-state index contributed by atoms with van der Waals surface area (Å²) in [6.07, 6.45) is 1.60. The van der Waals surface area contributed by atoms with Crippen LogP contribution in [0.5, 0.6) is 11.5 Å². The normalized spacial score (nSPS) is 10.9. The summed E-state index contributed by atoms with van der Waals surface area (Å²) < 4.78 is 36.6. The lowest BCUT2D eigenvalue weighted by molar-refractivity contribution is -0.0503. The summed E-state index contributed by atoms with van der Waals surface area (Å²) in [5.41, 5.74) is 1.51. The van der Waals surface area contributed by atoms with Crippen molar-refractivity contribution in [3.63, 3.8) is 0 Å². The Morgan fingerprint density at radius 2 is 2.00 bits per heavy atom. The van der Waals surface area contributed by atoms with Gasteiger partial charge in [-0.25, -0.2) is 0 Å². The number of hydrogen-bond donors (Lipinski definition) is 0. The number of aromatic nitrogens is 3. The van der Waals surface area contributed by atoms with E-state index in [9.17, 15) is 8.78 Å². The van der Waals surface area contributed by atoms with Crippen molar-refractivity contribution in [1.82, 2.24) is 14.8 Å². The van der Waals surface area contributed by atoms with Gasteiger partial charge in [-0.1, -0.05) is 36.0 Å². The predicted octanol–water partition coefficient (Wildman–Crippen LogP) is 4.17. The summed E-state index contributed by atoms with van der Waals surface area (Å²) in [4.78, 5) is 0. The number of benzene rings is 2. The van der Waals surface area contributed by atoms with Gasteiger partial charge in [0.25, 0.3) is 0 Å². The standard InChI is InChI=1S/C17H15F2N3O2S/c1-23-14-7-4-6-13(9-14)22-11-20-21-17(22)25-10-12-5-2-3-8-15(12)24-16(18)19/h2-9,11,16H,10H2,1H3. The Hall–Kier alpha value is -2.61. The summed E-state index contributed by atoms with van der Waals surface area (Å²) in [5.74, 6) is 1.31. The van der Waals surface area contributed by atoms with Crippen LogP contribution in [-0.4, -0.2) is 28.5 Å². The SMILES string of the molecule is COc1cccc(-n2cnnc2SCc2ccccc2OC(F)F)c1. The van der Waals surface area contributed by atoms with Crippen LogP contribution in [0, 0.1) is 0 Å². The molecule has 0 amide bonds. The van der Waals surface area contributed by atoms with Gasteiger partial charge in [-0.3, -0.25) is 4.57 Å². The van der Waals surface area contributed by atoms with E-state index >= 15 is 0 Å². The third kappa shape index (κ3) is 4.27. The van der Waals surface area contributed by atoms with Gasteiger partial charge in [0.05, 0.1) is 12.8 Å². The number of para-hydroxylation sites is 1. The fourth-order valence-corrected chi connectivity index (χ4v) is 3.16. The summed E-state index contributed by atoms with van der Waals surface area (Å²) in [6, 6.07) is 14.2. The molecule has 0 unspecified atom stereocenters. The minimum Gasteiger partial charge on any atom is -0.497 e. The molecular weight excluding hydrogens is 348 g/mol. The van der Waals surface area contributed by atoms with Gasteiger partial charge in [-0.15, -0.1) is 10.2 Å². The van der Waals surface area contributed by atoms with Gasteiger partial charge in [-0.05, 0) is 18.2 Å². The molecule has 130 valence electrons. The van der Waals surface area contributed by atoms with Crippen LogP contribution in [0.3, 0.4) is 0 Å². The quantitative estimate of drug-likeness (QED) is 0.590. The second-order valence-corrected chi connectivity index (χ2v) is 5.90. The van der Waals surface area contributed by atoms with Crippen molar-refractivity contribution in [2.24, 2.45) is 0 Å². The van der Waals surface area contributed by atoms with E-state index < -0.39 is 6.61 Å². The Balaban J connectivity index is 1.78. The molecule has 0 saturated heterocycles. The summed E-state index contributed by atoms with van der Waals surface area (Å²) in [6.45, 7) is -2.86. The molecule has 1 heterocycles. The first kappa shape index (κ1) is 17.2. The zero-order chi connectivity index (χ0) is 17.6. The molecular formula is C17H15F2N3O2S. The Kier molecular flexibility index (Phi) is 5.49. The number of halogens is 2. The number of methoxy groups -OCH3 is 1. The van der Waals surface area contributed by atoms with E-state index in [1.54, 1.807) is 31.6 Å². The molecule has 5 nitrogen and oxygen atoms in total. The number of hydrogen-bond acceptors (Lipinski definition) is 5. The number of rotatable bonds is 7. The van der Waals surface area contributed by atoms with Crippen LogP contribution in [0.2, 0.25) is 0 Å². The Morgan fingerprint density at radius 3 is 2.80 bits per heavy atom. The number of ether oxygens (including phenoxy) is 2. The van der Waals surface area contributed by atoms with E-state index in [0.717, 1.165) is 11.4 Å². The molecule has 3 rings (SSSR count). The molecule has 2 aromatic carbocycles. The molecule has 3 aromatic rings. The fourth-order valence-electron chi connectivity index (χ4n) is 2.24. The highest BCUT2D eigenvalue weighted by atomic mass is 32.2. The topological polar surface area (TPSA) is 49.2 Å². The molecule has 0 bridgehead atoms. The molecule has 0 aliphatic carbocycles. The second kappa shape index (κ2) is 7.98. The zero-order valence-corrected chi connectivity index (χ0v) is 14.1. The van der Waals surface area contributed by atoms with Crippen molar-refractivity contribution in [1.29, 1.82) is 0 Å². The lowest BCUT2D eigenvalue weighted by Crippen LogP contribution is -2.04. The van der Waals surface area contributed by atoms with Crippen LogP contribution in [-0.2, 0) is 5.75 Å². The van der Waals surface area contributed by atoms with Crippen molar-refractivity contribution in [3.8, 4) is 17.2 Å². The van der Waals surface area contributed by atoms with E-state index in [4.69, 9.17) is 4.74 Å². The Bertz CT molecular complexity index is 842. The molecule has 0 fully saturated rings. The van der Waals surface area contributed by atoms with Gasteiger partial charge in [0.15, 0.2) is 5.16 Å². The number of nitrogens with zero attached hydrogens (tertiary/aromatic N) is 3. The van der Waals surface area contributed by atoms with Crippen molar-refractivity contribution < 1.29 is 18.3 Å². The summed E-state index contributed by atoms with van der Waals surface area (Å²) in [5, 5.41) is 8.68. The first-order chi connectivity index (χ1) is 12.2. The van der Waals surface area contributed by atoms with Gasteiger partial charge in [0.1, 0.15) is 17.8 Å². The van der Waals surface area contributed by atoms with E-state index in [0.29, 0.717) is 16.5 Å². The lowest BCUT2D eigenvalue weighted by atomic mass is 10.2. The van der Waals surface area contributed by atoms with E-state index in [-0.39, 0.29) is 5.75 Å². The highest BCUT2D eigenvalue weighted by Gasteiger charge is 2.12. The molecule has 0 spiro atoms. The van der Waals surface area contributed by atoms with Crippen molar-refractivity contribution in [2.45, 2.75) is 17.5 Å². The largest absolute Gasteiger partial charge is 0.497 e. The average molecular weight is 363 g/mol. The smallest absolute Gasteiger partial charge is 0.387 e. The molecule has 0 aliphatic heterocycles. The minimum atomic E-state index is -2.86. The van der Waals surface area contributed by atoms with Crippen LogP contribution < -0.4 is 9.47 Å².